The summed E-state index contributed by atoms with van der Waals surface area (Å²) in [5.74, 6) is -0.743. The fraction of sp³-hybridized carbons (Fsp3) is 0.500. The van der Waals surface area contributed by atoms with E-state index in [1.54, 1.807) is 11.3 Å². The molecule has 0 spiro atoms. The summed E-state index contributed by atoms with van der Waals surface area (Å²) in [5, 5.41) is 9.78. The molecule has 1 aromatic carbocycles. The Balaban J connectivity index is 1.63. The summed E-state index contributed by atoms with van der Waals surface area (Å²) in [6.07, 6.45) is 4.93. The van der Waals surface area contributed by atoms with Crippen molar-refractivity contribution < 1.29 is 9.90 Å². The number of hydrogen-bond donors (Lipinski definition) is 1. The normalized spacial score (nSPS) is 15.8. The summed E-state index contributed by atoms with van der Waals surface area (Å²) in [7, 11) is 2.13. The molecule has 0 saturated carbocycles. The van der Waals surface area contributed by atoms with Gasteiger partial charge in [0.05, 0.1) is 5.56 Å². The quantitative estimate of drug-likeness (QED) is 0.742. The third kappa shape index (κ3) is 4.54. The van der Waals surface area contributed by atoms with Crippen molar-refractivity contribution in [1.82, 2.24) is 4.90 Å². The first-order chi connectivity index (χ1) is 12.4. The molecule has 4 heteroatoms. The van der Waals surface area contributed by atoms with Gasteiger partial charge in [0, 0.05) is 16.3 Å². The van der Waals surface area contributed by atoms with Gasteiger partial charge in [0.1, 0.15) is 0 Å². The molecular weight excluding hydrogens is 342 g/mol. The van der Waals surface area contributed by atoms with E-state index in [9.17, 15) is 9.90 Å². The molecule has 0 bridgehead atoms. The zero-order chi connectivity index (χ0) is 18.7. The number of benzene rings is 1. The Morgan fingerprint density at radius 1 is 1.27 bits per heavy atom. The standard InChI is InChI=1S/C22H29NO2S/c1-22(2)12-11-18-17(14-22)20(21(24)25)19(26-18)10-7-13-23(3)15-16-8-5-4-6-9-16/h4-6,8-9H,7,10-15H2,1-3H3,(H,24,25). The fourth-order valence-corrected chi connectivity index (χ4v) is 5.24. The van der Waals surface area contributed by atoms with Crippen LogP contribution in [0.5, 0.6) is 0 Å². The van der Waals surface area contributed by atoms with Crippen LogP contribution in [-0.4, -0.2) is 29.6 Å². The van der Waals surface area contributed by atoms with Crippen LogP contribution < -0.4 is 0 Å². The highest BCUT2D eigenvalue weighted by molar-refractivity contribution is 7.12. The van der Waals surface area contributed by atoms with Crippen LogP contribution in [0.3, 0.4) is 0 Å². The lowest BCUT2D eigenvalue weighted by Gasteiger charge is -2.29. The summed E-state index contributed by atoms with van der Waals surface area (Å²) in [6.45, 7) is 6.40. The smallest absolute Gasteiger partial charge is 0.337 e. The molecule has 3 nitrogen and oxygen atoms in total. The summed E-state index contributed by atoms with van der Waals surface area (Å²) >= 11 is 1.75. The second kappa shape index (κ2) is 7.93. The van der Waals surface area contributed by atoms with Gasteiger partial charge in [-0.2, -0.15) is 0 Å². The third-order valence-electron chi connectivity index (χ3n) is 5.30. The fourth-order valence-electron chi connectivity index (χ4n) is 3.88. The highest BCUT2D eigenvalue weighted by atomic mass is 32.1. The van der Waals surface area contributed by atoms with Crippen LogP contribution in [0.1, 0.15) is 57.9 Å². The van der Waals surface area contributed by atoms with Crippen LogP contribution in [0.15, 0.2) is 30.3 Å². The third-order valence-corrected chi connectivity index (χ3v) is 6.65. The molecule has 0 unspecified atom stereocenters. The molecule has 0 amide bonds. The van der Waals surface area contributed by atoms with E-state index >= 15 is 0 Å². The maximum atomic E-state index is 11.9. The van der Waals surface area contributed by atoms with Crippen LogP contribution in [0, 0.1) is 5.41 Å². The van der Waals surface area contributed by atoms with E-state index in [1.165, 1.54) is 10.4 Å². The van der Waals surface area contributed by atoms with Crippen LogP contribution in [0.4, 0.5) is 0 Å². The van der Waals surface area contributed by atoms with Gasteiger partial charge in [-0.3, -0.25) is 0 Å². The zero-order valence-corrected chi connectivity index (χ0v) is 16.9. The minimum Gasteiger partial charge on any atom is -0.478 e. The second-order valence-corrected chi connectivity index (χ2v) is 9.46. The molecule has 1 heterocycles. The monoisotopic (exact) mass is 371 g/mol. The lowest BCUT2D eigenvalue weighted by atomic mass is 9.76. The minimum absolute atomic E-state index is 0.214. The molecule has 1 N–H and O–H groups in total. The number of carbonyl (C=O) groups is 1. The molecular formula is C22H29NO2S. The number of carboxylic acids is 1. The van der Waals surface area contributed by atoms with Gasteiger partial charge >= 0.3 is 5.97 Å². The van der Waals surface area contributed by atoms with Crippen molar-refractivity contribution in [3.05, 3.63) is 56.8 Å². The van der Waals surface area contributed by atoms with Gasteiger partial charge in [0.15, 0.2) is 0 Å². The highest BCUT2D eigenvalue weighted by Crippen LogP contribution is 2.41. The van der Waals surface area contributed by atoms with Gasteiger partial charge in [-0.25, -0.2) is 4.79 Å². The maximum Gasteiger partial charge on any atom is 0.337 e. The number of rotatable bonds is 7. The van der Waals surface area contributed by atoms with Crippen LogP contribution in [0.2, 0.25) is 0 Å². The number of aromatic carboxylic acids is 1. The van der Waals surface area contributed by atoms with Crippen molar-refractivity contribution >= 4 is 17.3 Å². The predicted molar refractivity (Wildman–Crippen MR) is 108 cm³/mol. The average Bonchev–Trinajstić information content (AvgIpc) is 2.92. The van der Waals surface area contributed by atoms with Gasteiger partial charge in [-0.15, -0.1) is 11.3 Å². The van der Waals surface area contributed by atoms with E-state index in [0.717, 1.165) is 55.6 Å². The largest absolute Gasteiger partial charge is 0.478 e. The average molecular weight is 372 g/mol. The first-order valence-electron chi connectivity index (χ1n) is 9.45. The van der Waals surface area contributed by atoms with E-state index in [4.69, 9.17) is 0 Å². The summed E-state index contributed by atoms with van der Waals surface area (Å²) < 4.78 is 0. The Morgan fingerprint density at radius 3 is 2.69 bits per heavy atom. The van der Waals surface area contributed by atoms with Gasteiger partial charge in [-0.05, 0) is 62.2 Å². The minimum atomic E-state index is -0.743. The maximum absolute atomic E-state index is 11.9. The number of carboxylic acid groups (broad SMARTS) is 1. The molecule has 2 aromatic rings. The first kappa shape index (κ1) is 19.1. The van der Waals surface area contributed by atoms with Crippen molar-refractivity contribution in [2.75, 3.05) is 13.6 Å². The van der Waals surface area contributed by atoms with Gasteiger partial charge in [0.2, 0.25) is 0 Å². The molecule has 0 fully saturated rings. The summed E-state index contributed by atoms with van der Waals surface area (Å²) in [5.41, 5.74) is 3.26. The SMILES string of the molecule is CN(CCCc1sc2c(c1C(=O)O)CC(C)(C)CC2)Cc1ccccc1. The first-order valence-corrected chi connectivity index (χ1v) is 10.3. The topological polar surface area (TPSA) is 40.5 Å². The zero-order valence-electron chi connectivity index (χ0n) is 16.0. The second-order valence-electron chi connectivity index (χ2n) is 8.28. The number of thiophene rings is 1. The highest BCUT2D eigenvalue weighted by Gasteiger charge is 2.32. The van der Waals surface area contributed by atoms with Crippen molar-refractivity contribution in [3.8, 4) is 0 Å². The van der Waals surface area contributed by atoms with Gasteiger partial charge in [0.25, 0.3) is 0 Å². The van der Waals surface area contributed by atoms with Crippen LogP contribution in [0.25, 0.3) is 0 Å². The summed E-state index contributed by atoms with van der Waals surface area (Å²) in [6, 6.07) is 10.5. The van der Waals surface area contributed by atoms with Crippen molar-refractivity contribution in [2.45, 2.75) is 52.5 Å². The van der Waals surface area contributed by atoms with Crippen molar-refractivity contribution in [2.24, 2.45) is 5.41 Å². The summed E-state index contributed by atoms with van der Waals surface area (Å²) in [4.78, 5) is 16.6. The molecule has 0 atom stereocenters. The Hall–Kier alpha value is -1.65. The van der Waals surface area contributed by atoms with Crippen LogP contribution in [-0.2, 0) is 25.8 Å². The predicted octanol–water partition coefficient (Wildman–Crippen LogP) is 5.03. The van der Waals surface area contributed by atoms with Crippen molar-refractivity contribution in [3.63, 3.8) is 0 Å². The molecule has 1 aliphatic carbocycles. The molecule has 3 rings (SSSR count). The van der Waals surface area contributed by atoms with Crippen molar-refractivity contribution in [1.29, 1.82) is 0 Å². The molecule has 0 saturated heterocycles. The van der Waals surface area contributed by atoms with Crippen LogP contribution >= 0.6 is 11.3 Å². The van der Waals surface area contributed by atoms with E-state index in [1.807, 2.05) is 6.07 Å². The molecule has 26 heavy (non-hydrogen) atoms. The van der Waals surface area contributed by atoms with Gasteiger partial charge in [-0.1, -0.05) is 44.2 Å². The molecule has 140 valence electrons. The number of aryl methyl sites for hydroxylation is 2. The molecule has 1 aliphatic rings. The van der Waals surface area contributed by atoms with E-state index < -0.39 is 5.97 Å². The van der Waals surface area contributed by atoms with E-state index in [-0.39, 0.29) is 5.41 Å². The Morgan fingerprint density at radius 2 is 2.00 bits per heavy atom. The Labute approximate surface area is 160 Å². The van der Waals surface area contributed by atoms with E-state index in [2.05, 4.69) is 50.1 Å². The number of hydrogen-bond acceptors (Lipinski definition) is 3. The molecule has 0 aliphatic heterocycles. The number of nitrogens with zero attached hydrogens (tertiary/aromatic N) is 1. The lowest BCUT2D eigenvalue weighted by molar-refractivity contribution is 0.0694. The number of fused-ring (bicyclic) bond motifs is 1. The Kier molecular flexibility index (Phi) is 5.83. The lowest BCUT2D eigenvalue weighted by Crippen LogP contribution is -2.22. The molecule has 0 radical (unpaired) electrons. The molecule has 1 aromatic heterocycles. The Bertz CT molecular complexity index is 764. The van der Waals surface area contributed by atoms with E-state index in [0.29, 0.717) is 5.56 Å². The van der Waals surface area contributed by atoms with Gasteiger partial charge < -0.3 is 10.0 Å².